The van der Waals surface area contributed by atoms with E-state index < -0.39 is 0 Å². The first-order valence-electron chi connectivity index (χ1n) is 12.7. The summed E-state index contributed by atoms with van der Waals surface area (Å²) in [4.78, 5) is 13.4. The molecule has 0 spiro atoms. The largest absolute Gasteiger partial charge is 0.365 e. The summed E-state index contributed by atoms with van der Waals surface area (Å²) >= 11 is 0. The maximum atomic E-state index is 13.4. The zero-order valence-corrected chi connectivity index (χ0v) is 20.9. The van der Waals surface area contributed by atoms with Gasteiger partial charge in [0.2, 0.25) is 0 Å². The Morgan fingerprint density at radius 3 is 1.89 bits per heavy atom. The molecular weight excluding hydrogens is 470 g/mol. The first-order chi connectivity index (χ1) is 18.8. The van der Waals surface area contributed by atoms with Crippen LogP contribution in [-0.2, 0) is 19.6 Å². The lowest BCUT2D eigenvalue weighted by molar-refractivity contribution is 0.490. The van der Waals surface area contributed by atoms with Crippen molar-refractivity contribution in [1.82, 2.24) is 19.6 Å². The second-order valence-electron chi connectivity index (χ2n) is 9.13. The smallest absolute Gasteiger partial charge is 0.274 e. The highest BCUT2D eigenvalue weighted by Crippen LogP contribution is 2.25. The molecule has 0 unspecified atom stereocenters. The van der Waals surface area contributed by atoms with Crippen LogP contribution in [0.1, 0.15) is 5.56 Å². The zero-order chi connectivity index (χ0) is 25.7. The van der Waals surface area contributed by atoms with Crippen molar-refractivity contribution in [2.24, 2.45) is 0 Å². The summed E-state index contributed by atoms with van der Waals surface area (Å²) < 4.78 is 3.52. The van der Waals surface area contributed by atoms with E-state index in [1.54, 1.807) is 4.68 Å². The van der Waals surface area contributed by atoms with E-state index in [0.29, 0.717) is 25.0 Å². The molecule has 0 aliphatic rings. The van der Waals surface area contributed by atoms with Gasteiger partial charge in [0.05, 0.1) is 29.9 Å². The first-order valence-corrected chi connectivity index (χ1v) is 12.7. The van der Waals surface area contributed by atoms with Crippen molar-refractivity contribution < 1.29 is 0 Å². The molecule has 0 aliphatic carbocycles. The molecule has 6 nitrogen and oxygen atoms in total. The molecule has 6 heteroatoms. The third kappa shape index (κ3) is 4.84. The van der Waals surface area contributed by atoms with Crippen molar-refractivity contribution in [3.8, 4) is 22.5 Å². The van der Waals surface area contributed by atoms with Gasteiger partial charge in [-0.3, -0.25) is 9.48 Å². The van der Waals surface area contributed by atoms with E-state index in [4.69, 9.17) is 10.2 Å². The van der Waals surface area contributed by atoms with Crippen LogP contribution in [0.3, 0.4) is 0 Å². The summed E-state index contributed by atoms with van der Waals surface area (Å²) in [6.45, 7) is 1.57. The Morgan fingerprint density at radius 1 is 0.605 bits per heavy atom. The molecule has 0 atom stereocenters. The van der Waals surface area contributed by atoms with Gasteiger partial charge in [0.25, 0.3) is 5.56 Å². The van der Waals surface area contributed by atoms with Gasteiger partial charge in [0.15, 0.2) is 0 Å². The molecule has 4 aromatic carbocycles. The van der Waals surface area contributed by atoms with Crippen molar-refractivity contribution in [3.63, 3.8) is 0 Å². The molecule has 38 heavy (non-hydrogen) atoms. The van der Waals surface area contributed by atoms with Crippen molar-refractivity contribution in [1.29, 1.82) is 0 Å². The molecule has 6 rings (SSSR count). The first kappa shape index (κ1) is 23.4. The minimum atomic E-state index is -0.101. The van der Waals surface area contributed by atoms with Crippen molar-refractivity contribution in [3.05, 3.63) is 137 Å². The SMILES string of the molecule is O=c1c2ccccc2c(-c2ccccc2)nn1CCn1nc(NCc2ccccc2)cc1-c1ccccc1. The molecule has 2 heterocycles. The molecule has 0 aliphatic heterocycles. The van der Waals surface area contributed by atoms with Crippen LogP contribution in [0, 0.1) is 0 Å². The highest BCUT2D eigenvalue weighted by Gasteiger charge is 2.14. The Bertz CT molecular complexity index is 1720. The summed E-state index contributed by atoms with van der Waals surface area (Å²) in [6, 6.07) is 40.2. The minimum Gasteiger partial charge on any atom is -0.365 e. The third-order valence-corrected chi connectivity index (χ3v) is 6.60. The lowest BCUT2D eigenvalue weighted by atomic mass is 10.1. The Labute approximate surface area is 220 Å². The van der Waals surface area contributed by atoms with Gasteiger partial charge in [-0.1, -0.05) is 109 Å². The zero-order valence-electron chi connectivity index (χ0n) is 20.9. The number of rotatable bonds is 8. The van der Waals surface area contributed by atoms with Crippen LogP contribution in [-0.4, -0.2) is 19.6 Å². The van der Waals surface area contributed by atoms with Crippen LogP contribution in [0.2, 0.25) is 0 Å². The number of nitrogens with one attached hydrogen (secondary N) is 1. The van der Waals surface area contributed by atoms with Gasteiger partial charge in [-0.15, -0.1) is 0 Å². The molecular formula is C32H27N5O. The highest BCUT2D eigenvalue weighted by atomic mass is 16.1. The van der Waals surface area contributed by atoms with E-state index in [0.717, 1.165) is 33.7 Å². The van der Waals surface area contributed by atoms with Gasteiger partial charge in [-0.2, -0.15) is 10.2 Å². The van der Waals surface area contributed by atoms with E-state index in [9.17, 15) is 4.79 Å². The molecule has 186 valence electrons. The molecule has 0 saturated heterocycles. The van der Waals surface area contributed by atoms with E-state index in [2.05, 4.69) is 35.6 Å². The van der Waals surface area contributed by atoms with Gasteiger partial charge < -0.3 is 5.32 Å². The summed E-state index contributed by atoms with van der Waals surface area (Å²) in [6.07, 6.45) is 0. The quantitative estimate of drug-likeness (QED) is 0.270. The lowest BCUT2D eigenvalue weighted by Gasteiger charge is -2.12. The normalized spacial score (nSPS) is 11.1. The van der Waals surface area contributed by atoms with Gasteiger partial charge in [-0.25, -0.2) is 4.68 Å². The molecule has 2 aromatic heterocycles. The lowest BCUT2D eigenvalue weighted by Crippen LogP contribution is -2.26. The van der Waals surface area contributed by atoms with Crippen molar-refractivity contribution in [2.45, 2.75) is 19.6 Å². The fraction of sp³-hybridized carbons (Fsp3) is 0.0938. The molecule has 0 fully saturated rings. The number of anilines is 1. The summed E-state index contributed by atoms with van der Waals surface area (Å²) in [7, 11) is 0. The third-order valence-electron chi connectivity index (χ3n) is 6.60. The number of hydrogen-bond acceptors (Lipinski definition) is 4. The summed E-state index contributed by atoms with van der Waals surface area (Å²) in [5.74, 6) is 0.788. The predicted octanol–water partition coefficient (Wildman–Crippen LogP) is 6.24. The van der Waals surface area contributed by atoms with E-state index >= 15 is 0 Å². The van der Waals surface area contributed by atoms with Crippen LogP contribution < -0.4 is 10.9 Å². The van der Waals surface area contributed by atoms with Gasteiger partial charge in [0.1, 0.15) is 5.82 Å². The molecule has 1 N–H and O–H groups in total. The van der Waals surface area contributed by atoms with Crippen LogP contribution in [0.15, 0.2) is 126 Å². The van der Waals surface area contributed by atoms with Crippen LogP contribution >= 0.6 is 0 Å². The van der Waals surface area contributed by atoms with Gasteiger partial charge in [-0.05, 0) is 17.2 Å². The summed E-state index contributed by atoms with van der Waals surface area (Å²) in [5.41, 5.74) is 4.92. The average Bonchev–Trinajstić information content (AvgIpc) is 3.40. The second-order valence-corrected chi connectivity index (χ2v) is 9.13. The van der Waals surface area contributed by atoms with Crippen LogP contribution in [0.5, 0.6) is 0 Å². The number of benzene rings is 4. The molecule has 6 aromatic rings. The maximum Gasteiger partial charge on any atom is 0.274 e. The second kappa shape index (κ2) is 10.6. The van der Waals surface area contributed by atoms with E-state index in [1.165, 1.54) is 5.56 Å². The number of aryl methyl sites for hydroxylation is 2. The Kier molecular flexibility index (Phi) is 6.51. The molecule has 0 radical (unpaired) electrons. The highest BCUT2D eigenvalue weighted by molar-refractivity contribution is 5.93. The molecule has 0 saturated carbocycles. The fourth-order valence-electron chi connectivity index (χ4n) is 4.69. The number of aromatic nitrogens is 4. The van der Waals surface area contributed by atoms with E-state index in [1.807, 2.05) is 95.7 Å². The number of fused-ring (bicyclic) bond motifs is 1. The molecule has 0 bridgehead atoms. The summed E-state index contributed by atoms with van der Waals surface area (Å²) in [5, 5.41) is 14.6. The van der Waals surface area contributed by atoms with Crippen molar-refractivity contribution >= 4 is 16.6 Å². The maximum absolute atomic E-state index is 13.4. The number of hydrogen-bond donors (Lipinski definition) is 1. The predicted molar refractivity (Wildman–Crippen MR) is 153 cm³/mol. The Hall–Kier alpha value is -4.97. The van der Waals surface area contributed by atoms with Crippen LogP contribution in [0.4, 0.5) is 5.82 Å². The topological polar surface area (TPSA) is 64.7 Å². The Balaban J connectivity index is 1.34. The van der Waals surface area contributed by atoms with E-state index in [-0.39, 0.29) is 5.56 Å². The average molecular weight is 498 g/mol. The standard InChI is InChI=1S/C32H27N5O/c38-32-28-19-11-10-18-27(28)31(26-16-8-3-9-17-26)35-37(32)21-20-36-29(25-14-6-2-7-15-25)22-30(34-36)33-23-24-12-4-1-5-13-24/h1-19,22H,20-21,23H2,(H,33,34). The Morgan fingerprint density at radius 2 is 1.18 bits per heavy atom. The number of nitrogens with zero attached hydrogens (tertiary/aromatic N) is 4. The van der Waals surface area contributed by atoms with Crippen molar-refractivity contribution in [2.75, 3.05) is 5.32 Å². The van der Waals surface area contributed by atoms with Gasteiger partial charge >= 0.3 is 0 Å². The molecule has 0 amide bonds. The van der Waals surface area contributed by atoms with Crippen LogP contribution in [0.25, 0.3) is 33.3 Å². The minimum absolute atomic E-state index is 0.101. The monoisotopic (exact) mass is 497 g/mol. The fourth-order valence-corrected chi connectivity index (χ4v) is 4.69. The van der Waals surface area contributed by atoms with Gasteiger partial charge in [0, 0.05) is 23.6 Å².